The molecule has 1 aromatic rings. The molecule has 3 saturated heterocycles. The molecule has 3 fully saturated rings. The molecule has 214 valence electrons. The van der Waals surface area contributed by atoms with Crippen LogP contribution < -0.4 is 5.32 Å². The Hall–Kier alpha value is -2.16. The molecule has 0 spiro atoms. The number of hydrogen-bond acceptors (Lipinski definition) is 3. The van der Waals surface area contributed by atoms with Crippen molar-refractivity contribution >= 4 is 11.9 Å². The molecule has 38 heavy (non-hydrogen) atoms. The Morgan fingerprint density at radius 3 is 2.11 bits per heavy atom. The highest BCUT2D eigenvalue weighted by molar-refractivity contribution is 5.95. The van der Waals surface area contributed by atoms with Gasteiger partial charge in [0.1, 0.15) is 0 Å². The molecule has 0 atom stereocenters. The van der Waals surface area contributed by atoms with Gasteiger partial charge in [-0.2, -0.15) is 0 Å². The van der Waals surface area contributed by atoms with E-state index in [4.69, 9.17) is 10.8 Å². The minimum Gasteiger partial charge on any atom is -0.346 e. The first-order valence-electron chi connectivity index (χ1n) is 15.2. The minimum atomic E-state index is 0.330. The number of nitrogens with one attached hydrogen (secondary N) is 3. The topological polar surface area (TPSA) is 69.5 Å². The number of quaternary nitrogens is 2. The second-order valence-electron chi connectivity index (χ2n) is 11.6. The zero-order valence-corrected chi connectivity index (χ0v) is 24.9. The summed E-state index contributed by atoms with van der Waals surface area (Å²) in [6, 6.07) is 10.6. The normalized spacial score (nSPS) is 20.8. The van der Waals surface area contributed by atoms with E-state index in [2.05, 4.69) is 66.2 Å². The van der Waals surface area contributed by atoms with E-state index in [0.29, 0.717) is 11.9 Å². The SMILES string of the molecule is CC[N+](CC)(CC)CCCCN(C)C(=N)NC(=N)N(CCC[N+]12CCN(CC1)CC2)CCc1ccccc1. The first-order chi connectivity index (χ1) is 18.3. The van der Waals surface area contributed by atoms with Crippen LogP contribution in [0.15, 0.2) is 30.3 Å². The molecule has 0 aliphatic carbocycles. The number of hydrogen-bond donors (Lipinski definition) is 3. The highest BCUT2D eigenvalue weighted by Gasteiger charge is 2.37. The Balaban J connectivity index is 1.48. The maximum atomic E-state index is 8.86. The van der Waals surface area contributed by atoms with Gasteiger partial charge in [-0.1, -0.05) is 30.3 Å². The molecule has 8 nitrogen and oxygen atoms in total. The lowest BCUT2D eigenvalue weighted by atomic mass is 10.1. The van der Waals surface area contributed by atoms with Crippen LogP contribution in [-0.4, -0.2) is 134 Å². The van der Waals surface area contributed by atoms with Crippen LogP contribution >= 0.6 is 0 Å². The van der Waals surface area contributed by atoms with E-state index in [1.165, 1.54) is 92.9 Å². The van der Waals surface area contributed by atoms with Gasteiger partial charge in [0.25, 0.3) is 0 Å². The minimum absolute atomic E-state index is 0.330. The zero-order chi connectivity index (χ0) is 27.4. The van der Waals surface area contributed by atoms with Crippen molar-refractivity contribution in [3.8, 4) is 0 Å². The first kappa shape index (κ1) is 30.4. The molecule has 0 amide bonds. The Bertz CT molecular complexity index is 823. The maximum absolute atomic E-state index is 8.86. The van der Waals surface area contributed by atoms with Crippen molar-refractivity contribution in [1.29, 1.82) is 10.8 Å². The van der Waals surface area contributed by atoms with Gasteiger partial charge >= 0.3 is 0 Å². The van der Waals surface area contributed by atoms with E-state index >= 15 is 0 Å². The molecule has 3 aliphatic rings. The second kappa shape index (κ2) is 14.8. The Labute approximate surface area is 232 Å². The Kier molecular flexibility index (Phi) is 11.9. The third-order valence-electron chi connectivity index (χ3n) is 9.57. The Morgan fingerprint density at radius 1 is 0.868 bits per heavy atom. The van der Waals surface area contributed by atoms with Gasteiger partial charge in [0.15, 0.2) is 11.9 Å². The monoisotopic (exact) mass is 528 g/mol. The van der Waals surface area contributed by atoms with Gasteiger partial charge in [-0.05, 0) is 45.6 Å². The Morgan fingerprint density at radius 2 is 1.50 bits per heavy atom. The van der Waals surface area contributed by atoms with Crippen molar-refractivity contribution in [3.63, 3.8) is 0 Å². The fourth-order valence-corrected chi connectivity index (χ4v) is 6.25. The fourth-order valence-electron chi connectivity index (χ4n) is 6.25. The summed E-state index contributed by atoms with van der Waals surface area (Å²) in [6.45, 7) is 22.9. The highest BCUT2D eigenvalue weighted by atomic mass is 15.5. The summed E-state index contributed by atoms with van der Waals surface area (Å²) in [5.41, 5.74) is 1.30. The van der Waals surface area contributed by atoms with Gasteiger partial charge in [-0.15, -0.1) is 0 Å². The summed E-state index contributed by atoms with van der Waals surface area (Å²) in [5.74, 6) is 0.691. The van der Waals surface area contributed by atoms with Gasteiger partial charge in [0.05, 0.1) is 52.4 Å². The van der Waals surface area contributed by atoms with Crippen molar-refractivity contribution in [2.45, 2.75) is 46.5 Å². The molecular weight excluding hydrogens is 472 g/mol. The van der Waals surface area contributed by atoms with Crippen molar-refractivity contribution in [3.05, 3.63) is 35.9 Å². The van der Waals surface area contributed by atoms with Crippen LogP contribution in [0.4, 0.5) is 0 Å². The van der Waals surface area contributed by atoms with E-state index in [0.717, 1.165) is 38.9 Å². The predicted octanol–water partition coefficient (Wildman–Crippen LogP) is 3.11. The van der Waals surface area contributed by atoms with Gasteiger partial charge in [-0.25, -0.2) is 0 Å². The highest BCUT2D eigenvalue weighted by Crippen LogP contribution is 2.20. The van der Waals surface area contributed by atoms with E-state index in [1.54, 1.807) is 0 Å². The number of fused-ring (bicyclic) bond motifs is 3. The third kappa shape index (κ3) is 8.68. The molecule has 3 aliphatic heterocycles. The van der Waals surface area contributed by atoms with Crippen molar-refractivity contribution < 1.29 is 8.97 Å². The number of unbranched alkanes of at least 4 members (excludes halogenated alkanes) is 1. The van der Waals surface area contributed by atoms with Crippen LogP contribution in [-0.2, 0) is 6.42 Å². The zero-order valence-electron chi connectivity index (χ0n) is 24.9. The predicted molar refractivity (Wildman–Crippen MR) is 160 cm³/mol. The molecule has 3 heterocycles. The van der Waals surface area contributed by atoms with Crippen molar-refractivity contribution in [2.75, 3.05) is 98.7 Å². The van der Waals surface area contributed by atoms with Crippen molar-refractivity contribution in [2.24, 2.45) is 0 Å². The molecule has 1 aromatic carbocycles. The number of piperazine rings is 3. The van der Waals surface area contributed by atoms with E-state index < -0.39 is 0 Å². The van der Waals surface area contributed by atoms with Gasteiger partial charge < -0.3 is 18.8 Å². The van der Waals surface area contributed by atoms with Crippen LogP contribution in [0.3, 0.4) is 0 Å². The molecule has 8 heteroatoms. The summed E-state index contributed by atoms with van der Waals surface area (Å²) < 4.78 is 2.44. The first-order valence-corrected chi connectivity index (χ1v) is 15.2. The molecule has 0 radical (unpaired) electrons. The number of guanidine groups is 2. The molecular formula is C30H56N8+2. The summed E-state index contributed by atoms with van der Waals surface area (Å²) in [5, 5.41) is 20.6. The smallest absolute Gasteiger partial charge is 0.197 e. The van der Waals surface area contributed by atoms with Gasteiger partial charge in [-0.3, -0.25) is 21.0 Å². The van der Waals surface area contributed by atoms with Gasteiger partial charge in [0.2, 0.25) is 0 Å². The summed E-state index contributed by atoms with van der Waals surface area (Å²) in [7, 11) is 1.98. The van der Waals surface area contributed by atoms with Crippen LogP contribution in [0.2, 0.25) is 0 Å². The fraction of sp³-hybridized carbons (Fsp3) is 0.733. The second-order valence-corrected chi connectivity index (χ2v) is 11.6. The number of rotatable bonds is 15. The third-order valence-corrected chi connectivity index (χ3v) is 9.57. The molecule has 0 saturated carbocycles. The molecule has 0 aromatic heterocycles. The maximum Gasteiger partial charge on any atom is 0.197 e. The molecule has 3 N–H and O–H groups in total. The molecule has 0 unspecified atom stereocenters. The number of nitrogens with zero attached hydrogens (tertiary/aromatic N) is 5. The van der Waals surface area contributed by atoms with Gasteiger partial charge in [0, 0.05) is 52.7 Å². The van der Waals surface area contributed by atoms with E-state index in [9.17, 15) is 0 Å². The van der Waals surface area contributed by atoms with Crippen molar-refractivity contribution in [1.82, 2.24) is 20.0 Å². The van der Waals surface area contributed by atoms with Crippen LogP contribution in [0.1, 0.15) is 45.6 Å². The lowest BCUT2D eigenvalue weighted by Crippen LogP contribution is -2.67. The van der Waals surface area contributed by atoms with E-state index in [1.807, 2.05) is 11.9 Å². The summed E-state index contributed by atoms with van der Waals surface area (Å²) >= 11 is 0. The average Bonchev–Trinajstić information content (AvgIpc) is 2.96. The lowest BCUT2D eigenvalue weighted by Gasteiger charge is -2.50. The molecule has 2 bridgehead atoms. The molecule has 4 rings (SSSR count). The average molecular weight is 529 g/mol. The van der Waals surface area contributed by atoms with Crippen LogP contribution in [0.25, 0.3) is 0 Å². The van der Waals surface area contributed by atoms with Crippen LogP contribution in [0, 0.1) is 10.8 Å². The quantitative estimate of drug-likeness (QED) is 0.142. The lowest BCUT2D eigenvalue weighted by molar-refractivity contribution is -0.941. The largest absolute Gasteiger partial charge is 0.346 e. The van der Waals surface area contributed by atoms with Crippen LogP contribution in [0.5, 0.6) is 0 Å². The number of benzene rings is 1. The standard InChI is InChI=1S/C30H56N8/c1-5-37(6-2,7-3)23-12-11-17-34(4)29(31)33-30(32)36(19-16-28-14-9-8-10-15-28)18-13-24-38-25-20-35(21-26-38)22-27-38/h8-10,14-15H,5-7,11-13,16-27H2,1-4H3,(H3,31,32,33)/q+2. The summed E-state index contributed by atoms with van der Waals surface area (Å²) in [4.78, 5) is 6.72. The van der Waals surface area contributed by atoms with E-state index in [-0.39, 0.29) is 0 Å². The summed E-state index contributed by atoms with van der Waals surface area (Å²) in [6.07, 6.45) is 4.25.